The first-order valence-corrected chi connectivity index (χ1v) is 4.05. The van der Waals surface area contributed by atoms with Gasteiger partial charge in [0.15, 0.2) is 0 Å². The molecule has 0 unspecified atom stereocenters. The number of rotatable bonds is 4. The van der Waals surface area contributed by atoms with Gasteiger partial charge in [-0.2, -0.15) is 11.8 Å². The minimum absolute atomic E-state index is 0. The van der Waals surface area contributed by atoms with Gasteiger partial charge in [-0.15, -0.1) is 0 Å². The van der Waals surface area contributed by atoms with Crippen LogP contribution in [-0.4, -0.2) is 29.1 Å². The summed E-state index contributed by atoms with van der Waals surface area (Å²) in [6, 6.07) is -0.683. The van der Waals surface area contributed by atoms with Crippen molar-refractivity contribution >= 4 is 17.7 Å². The molecule has 0 bridgehead atoms. The predicted molar refractivity (Wildman–Crippen MR) is 48.7 cm³/mol. The summed E-state index contributed by atoms with van der Waals surface area (Å²) < 4.78 is 0. The van der Waals surface area contributed by atoms with Crippen molar-refractivity contribution in [3.63, 3.8) is 0 Å². The minimum Gasteiger partial charge on any atom is -0.480 e. The number of hydrogen-bond donors (Lipinski definition) is 4. The Labute approximate surface area is 70.9 Å². The summed E-state index contributed by atoms with van der Waals surface area (Å²) in [5, 5.41) is 8.27. The highest BCUT2D eigenvalue weighted by molar-refractivity contribution is 7.98. The summed E-state index contributed by atoms with van der Waals surface area (Å²) in [5.41, 5.74) is 5.19. The van der Waals surface area contributed by atoms with Gasteiger partial charge in [0.1, 0.15) is 6.04 Å². The molecule has 0 rings (SSSR count). The SMILES string of the molecule is CSCC[C@H](N)C(=O)O.N.N. The van der Waals surface area contributed by atoms with E-state index in [4.69, 9.17) is 10.8 Å². The van der Waals surface area contributed by atoms with Crippen molar-refractivity contribution in [1.82, 2.24) is 12.3 Å². The van der Waals surface area contributed by atoms with E-state index >= 15 is 0 Å². The van der Waals surface area contributed by atoms with Gasteiger partial charge in [-0.05, 0) is 18.4 Å². The summed E-state index contributed by atoms with van der Waals surface area (Å²) in [7, 11) is 0. The molecule has 5 nitrogen and oxygen atoms in total. The molecule has 0 heterocycles. The molecule has 0 aliphatic carbocycles. The number of thioether (sulfide) groups is 1. The highest BCUT2D eigenvalue weighted by Gasteiger charge is 2.08. The maximum atomic E-state index is 10.1. The Morgan fingerprint density at radius 3 is 2.36 bits per heavy atom. The van der Waals surface area contributed by atoms with Crippen LogP contribution in [0.15, 0.2) is 0 Å². The average Bonchev–Trinajstić information content (AvgIpc) is 1.82. The first-order chi connectivity index (χ1) is 4.18. The van der Waals surface area contributed by atoms with Crippen molar-refractivity contribution in [3.8, 4) is 0 Å². The molecule has 0 saturated heterocycles. The van der Waals surface area contributed by atoms with Crippen LogP contribution in [0.4, 0.5) is 0 Å². The van der Waals surface area contributed by atoms with E-state index < -0.39 is 12.0 Å². The quantitative estimate of drug-likeness (QED) is 0.500. The third kappa shape index (κ3) is 9.70. The standard InChI is InChI=1S/C5H11NO2S.2H3N/c1-9-3-2-4(6)5(7)8;;/h4H,2-3,6H2,1H3,(H,7,8);2*1H3/t4-;;/m0../s1. The summed E-state index contributed by atoms with van der Waals surface area (Å²) in [4.78, 5) is 10.1. The van der Waals surface area contributed by atoms with E-state index in [0.717, 1.165) is 5.75 Å². The molecule has 6 heteroatoms. The maximum absolute atomic E-state index is 10.1. The van der Waals surface area contributed by atoms with Gasteiger partial charge in [-0.1, -0.05) is 0 Å². The molecule has 0 amide bonds. The van der Waals surface area contributed by atoms with Gasteiger partial charge in [-0.25, -0.2) is 0 Å². The molecule has 70 valence electrons. The lowest BCUT2D eigenvalue weighted by Gasteiger charge is -2.02. The van der Waals surface area contributed by atoms with Gasteiger partial charge in [0.05, 0.1) is 0 Å². The summed E-state index contributed by atoms with van der Waals surface area (Å²) in [6.45, 7) is 0. The first-order valence-electron chi connectivity index (χ1n) is 2.65. The molecule has 0 aromatic heterocycles. The van der Waals surface area contributed by atoms with Gasteiger partial charge < -0.3 is 23.1 Å². The van der Waals surface area contributed by atoms with Crippen LogP contribution in [0.3, 0.4) is 0 Å². The highest BCUT2D eigenvalue weighted by atomic mass is 32.2. The Bertz CT molecular complexity index is 102. The van der Waals surface area contributed by atoms with Crippen molar-refractivity contribution < 1.29 is 9.90 Å². The van der Waals surface area contributed by atoms with E-state index in [9.17, 15) is 4.79 Å². The van der Waals surface area contributed by atoms with Crippen LogP contribution in [0.2, 0.25) is 0 Å². The predicted octanol–water partition coefficient (Wildman–Crippen LogP) is 0.475. The third-order valence-electron chi connectivity index (χ3n) is 0.950. The van der Waals surface area contributed by atoms with Gasteiger partial charge in [-0.3, -0.25) is 4.79 Å². The van der Waals surface area contributed by atoms with E-state index in [1.54, 1.807) is 11.8 Å². The van der Waals surface area contributed by atoms with E-state index in [2.05, 4.69) is 0 Å². The lowest BCUT2D eigenvalue weighted by Crippen LogP contribution is -2.30. The van der Waals surface area contributed by atoms with Crippen LogP contribution in [0, 0.1) is 0 Å². The number of carboxylic acids is 1. The normalized spacial score (nSPS) is 10.7. The largest absolute Gasteiger partial charge is 0.480 e. The van der Waals surface area contributed by atoms with Crippen molar-refractivity contribution in [2.75, 3.05) is 12.0 Å². The Kier molecular flexibility index (Phi) is 15.0. The zero-order chi connectivity index (χ0) is 7.28. The minimum atomic E-state index is -0.913. The van der Waals surface area contributed by atoms with E-state index in [1.807, 2.05) is 6.26 Å². The summed E-state index contributed by atoms with van der Waals surface area (Å²) >= 11 is 1.60. The molecular weight excluding hydrogens is 166 g/mol. The van der Waals surface area contributed by atoms with Gasteiger partial charge in [0, 0.05) is 0 Å². The smallest absolute Gasteiger partial charge is 0.320 e. The monoisotopic (exact) mass is 183 g/mol. The summed E-state index contributed by atoms with van der Waals surface area (Å²) in [6.07, 6.45) is 2.48. The molecule has 0 aliphatic rings. The molecular formula is C5H17N3O2S. The zero-order valence-electron chi connectivity index (χ0n) is 6.75. The van der Waals surface area contributed by atoms with E-state index in [-0.39, 0.29) is 12.3 Å². The van der Waals surface area contributed by atoms with Gasteiger partial charge in [0.25, 0.3) is 0 Å². The average molecular weight is 183 g/mol. The fraction of sp³-hybridized carbons (Fsp3) is 0.800. The lowest BCUT2D eigenvalue weighted by molar-refractivity contribution is -0.138. The Hall–Kier alpha value is -0.300. The fourth-order valence-electron chi connectivity index (χ4n) is 0.368. The first kappa shape index (κ1) is 17.0. The Morgan fingerprint density at radius 2 is 2.09 bits per heavy atom. The van der Waals surface area contributed by atoms with Crippen LogP contribution in [0.1, 0.15) is 6.42 Å². The lowest BCUT2D eigenvalue weighted by atomic mass is 10.2. The second-order valence-electron chi connectivity index (χ2n) is 1.73. The van der Waals surface area contributed by atoms with Crippen molar-refractivity contribution in [2.45, 2.75) is 12.5 Å². The molecule has 0 aromatic rings. The molecule has 0 spiro atoms. The fourth-order valence-corrected chi connectivity index (χ4v) is 0.858. The van der Waals surface area contributed by atoms with Crippen LogP contribution < -0.4 is 18.0 Å². The molecule has 0 aliphatic heterocycles. The van der Waals surface area contributed by atoms with Crippen LogP contribution in [0.5, 0.6) is 0 Å². The molecule has 0 saturated carbocycles. The topological polar surface area (TPSA) is 133 Å². The second kappa shape index (κ2) is 9.70. The molecule has 0 aromatic carbocycles. The van der Waals surface area contributed by atoms with Crippen molar-refractivity contribution in [1.29, 1.82) is 0 Å². The molecule has 1 atom stereocenters. The van der Waals surface area contributed by atoms with Crippen LogP contribution in [0.25, 0.3) is 0 Å². The third-order valence-corrected chi connectivity index (χ3v) is 1.59. The number of aliphatic carboxylic acids is 1. The van der Waals surface area contributed by atoms with Gasteiger partial charge in [0.2, 0.25) is 0 Å². The second-order valence-corrected chi connectivity index (χ2v) is 2.71. The van der Waals surface area contributed by atoms with Crippen LogP contribution in [-0.2, 0) is 4.79 Å². The van der Waals surface area contributed by atoms with Crippen LogP contribution >= 0.6 is 11.8 Å². The summed E-state index contributed by atoms with van der Waals surface area (Å²) in [5.74, 6) is -0.1000. The number of hydrogen-bond acceptors (Lipinski definition) is 5. The molecule has 9 N–H and O–H groups in total. The highest BCUT2D eigenvalue weighted by Crippen LogP contribution is 1.97. The van der Waals surface area contributed by atoms with Crippen molar-refractivity contribution in [2.24, 2.45) is 5.73 Å². The Balaban J connectivity index is -0.000000320. The zero-order valence-corrected chi connectivity index (χ0v) is 7.56. The van der Waals surface area contributed by atoms with E-state index in [1.165, 1.54) is 0 Å². The number of nitrogens with two attached hydrogens (primary N) is 1. The molecule has 0 radical (unpaired) electrons. The number of carboxylic acid groups (broad SMARTS) is 1. The molecule has 0 fully saturated rings. The maximum Gasteiger partial charge on any atom is 0.320 e. The number of carbonyl (C=O) groups is 1. The van der Waals surface area contributed by atoms with E-state index in [0.29, 0.717) is 6.42 Å². The van der Waals surface area contributed by atoms with Crippen molar-refractivity contribution in [3.05, 3.63) is 0 Å². The molecule has 11 heavy (non-hydrogen) atoms. The Morgan fingerprint density at radius 1 is 1.64 bits per heavy atom. The van der Waals surface area contributed by atoms with Gasteiger partial charge >= 0.3 is 5.97 Å².